The van der Waals surface area contributed by atoms with Crippen LogP contribution in [0.2, 0.25) is 0 Å². The molecule has 0 aliphatic carbocycles. The summed E-state index contributed by atoms with van der Waals surface area (Å²) < 4.78 is 0.909. The van der Waals surface area contributed by atoms with Crippen molar-refractivity contribution in [3.63, 3.8) is 0 Å². The molecule has 0 saturated carbocycles. The first-order valence-corrected chi connectivity index (χ1v) is 13.5. The number of halogens is 2. The van der Waals surface area contributed by atoms with E-state index in [1.165, 1.54) is 77.0 Å². The Bertz CT molecular complexity index is 445. The molecule has 0 bridgehead atoms. The molecule has 1 N–H and O–H groups in total. The maximum absolute atomic E-state index is 9.59. The van der Waals surface area contributed by atoms with Crippen LogP contribution < -0.4 is 12.4 Å². The van der Waals surface area contributed by atoms with E-state index >= 15 is 0 Å². The summed E-state index contributed by atoms with van der Waals surface area (Å²) in [5.74, 6) is 0.733. The Morgan fingerprint density at radius 1 is 0.935 bits per heavy atom. The van der Waals surface area contributed by atoms with Gasteiger partial charge in [-0.05, 0) is 31.8 Å². The van der Waals surface area contributed by atoms with Gasteiger partial charge in [-0.1, -0.05) is 83.6 Å². The molecule has 1 rings (SSSR count). The summed E-state index contributed by atoms with van der Waals surface area (Å²) in [6, 6.07) is 0.355. The third kappa shape index (κ3) is 14.6. The Kier molecular flexibility index (Phi) is 21.7. The topological polar surface area (TPSA) is 32.6 Å². The van der Waals surface area contributed by atoms with Gasteiger partial charge in [0.25, 0.3) is 0 Å². The molecule has 0 radical (unpaired) electrons. The molecule has 0 aromatic heterocycles. The van der Waals surface area contributed by atoms with Crippen molar-refractivity contribution in [2.24, 2.45) is 4.99 Å². The lowest BCUT2D eigenvalue weighted by atomic mass is 10.0. The number of quaternary nitrogens is 1. The summed E-state index contributed by atoms with van der Waals surface area (Å²) in [4.78, 5) is 4.54. The molecule has 1 heterocycles. The van der Waals surface area contributed by atoms with Crippen molar-refractivity contribution in [1.82, 2.24) is 0 Å². The first-order chi connectivity index (χ1) is 14.8. The van der Waals surface area contributed by atoms with Crippen LogP contribution in [-0.4, -0.2) is 54.1 Å². The van der Waals surface area contributed by atoms with Gasteiger partial charge >= 0.3 is 0 Å². The van der Waals surface area contributed by atoms with E-state index in [1.54, 1.807) is 0 Å². The summed E-state index contributed by atoms with van der Waals surface area (Å²) in [7, 11) is 0. The molecule has 2 atom stereocenters. The monoisotopic (exact) mass is 476 g/mol. The van der Waals surface area contributed by atoms with E-state index < -0.39 is 0 Å². The SMILES string of the molecule is CCCCCCCCCCCCCC/C=C\C(CCO)[N+]1(CCCCCl)C=NCC1.[Cl-]. The molecule has 31 heavy (non-hydrogen) atoms. The number of aliphatic imine (C=N–C) groups is 1. The van der Waals surface area contributed by atoms with Gasteiger partial charge in [0.1, 0.15) is 12.6 Å². The van der Waals surface area contributed by atoms with E-state index in [0.29, 0.717) is 6.04 Å². The van der Waals surface area contributed by atoms with Crippen LogP contribution in [0.25, 0.3) is 0 Å². The van der Waals surface area contributed by atoms with Crippen molar-refractivity contribution in [2.45, 2.75) is 116 Å². The zero-order valence-corrected chi connectivity index (χ0v) is 21.8. The first-order valence-electron chi connectivity index (χ1n) is 13.0. The van der Waals surface area contributed by atoms with Crippen molar-refractivity contribution in [3.8, 4) is 0 Å². The maximum atomic E-state index is 9.59. The van der Waals surface area contributed by atoms with Gasteiger partial charge in [0.2, 0.25) is 0 Å². The summed E-state index contributed by atoms with van der Waals surface area (Å²) in [6.45, 7) is 5.60. The fraction of sp³-hybridized carbons (Fsp3) is 0.885. The summed E-state index contributed by atoms with van der Waals surface area (Å²) in [5, 5.41) is 9.59. The second kappa shape index (κ2) is 21.7. The Labute approximate surface area is 204 Å². The highest BCUT2D eigenvalue weighted by molar-refractivity contribution is 6.17. The van der Waals surface area contributed by atoms with Gasteiger partial charge in [-0.3, -0.25) is 4.48 Å². The molecule has 2 unspecified atom stereocenters. The van der Waals surface area contributed by atoms with Crippen LogP contribution in [0.5, 0.6) is 0 Å². The number of rotatable bonds is 21. The lowest BCUT2D eigenvalue weighted by Gasteiger charge is -2.37. The van der Waals surface area contributed by atoms with Crippen LogP contribution >= 0.6 is 11.6 Å². The first kappa shape index (κ1) is 30.9. The average Bonchev–Trinajstić information content (AvgIpc) is 3.23. The molecule has 0 aromatic carbocycles. The molecule has 0 amide bonds. The Balaban J connectivity index is 0.00000900. The standard InChI is InChI=1S/C26H50ClN2O.ClH/c1-2-3-4-5-6-7-8-9-10-11-12-13-14-15-18-26(19-24-30)29(22-17-16-20-27)23-21-28-25-29;/h15,18,25-26,30H,2-14,16-17,19-24H2,1H3;1H/q+1;/p-1/b18-15-;. The zero-order valence-electron chi connectivity index (χ0n) is 20.3. The van der Waals surface area contributed by atoms with Gasteiger partial charge in [0, 0.05) is 18.9 Å². The van der Waals surface area contributed by atoms with Crippen LogP contribution in [0.15, 0.2) is 17.1 Å². The normalized spacial score (nSPS) is 19.2. The second-order valence-electron chi connectivity index (χ2n) is 9.15. The zero-order chi connectivity index (χ0) is 21.8. The molecule has 0 fully saturated rings. The second-order valence-corrected chi connectivity index (χ2v) is 9.53. The maximum Gasteiger partial charge on any atom is 0.186 e. The van der Waals surface area contributed by atoms with Crippen molar-refractivity contribution in [1.29, 1.82) is 0 Å². The van der Waals surface area contributed by atoms with Crippen LogP contribution in [0.4, 0.5) is 0 Å². The predicted molar refractivity (Wildman–Crippen MR) is 134 cm³/mol. The molecule has 0 spiro atoms. The number of alkyl halides is 1. The molecule has 1 aliphatic heterocycles. The lowest BCUT2D eigenvalue weighted by molar-refractivity contribution is -0.848. The predicted octanol–water partition coefficient (Wildman–Crippen LogP) is 4.27. The van der Waals surface area contributed by atoms with Gasteiger partial charge in [0.15, 0.2) is 6.34 Å². The van der Waals surface area contributed by atoms with Gasteiger partial charge in [-0.15, -0.1) is 11.6 Å². The lowest BCUT2D eigenvalue weighted by Crippen LogP contribution is -3.00. The third-order valence-electron chi connectivity index (χ3n) is 6.58. The largest absolute Gasteiger partial charge is 1.00 e. The van der Waals surface area contributed by atoms with Crippen molar-refractivity contribution < 1.29 is 22.0 Å². The number of aliphatic hydroxyl groups excluding tert-OH is 1. The summed E-state index contributed by atoms with van der Waals surface area (Å²) in [6.07, 6.45) is 27.8. The fourth-order valence-corrected chi connectivity index (χ4v) is 4.81. The molecular formula is C26H50Cl2N2O. The van der Waals surface area contributed by atoms with Crippen LogP contribution in [-0.2, 0) is 0 Å². The van der Waals surface area contributed by atoms with Crippen molar-refractivity contribution in [2.75, 3.05) is 32.1 Å². The van der Waals surface area contributed by atoms with Gasteiger partial charge < -0.3 is 17.5 Å². The van der Waals surface area contributed by atoms with Crippen molar-refractivity contribution in [3.05, 3.63) is 12.2 Å². The highest BCUT2D eigenvalue weighted by Crippen LogP contribution is 2.22. The molecule has 0 aromatic rings. The van der Waals surface area contributed by atoms with Gasteiger partial charge in [0.05, 0.1) is 13.1 Å². The molecule has 0 saturated heterocycles. The number of aliphatic hydroxyl groups is 1. The van der Waals surface area contributed by atoms with Crippen LogP contribution in [0, 0.1) is 0 Å². The molecule has 5 heteroatoms. The minimum atomic E-state index is 0. The average molecular weight is 478 g/mol. The van der Waals surface area contributed by atoms with E-state index in [2.05, 4.69) is 30.4 Å². The van der Waals surface area contributed by atoms with Gasteiger partial charge in [-0.25, -0.2) is 4.99 Å². The molecular weight excluding hydrogens is 427 g/mol. The smallest absolute Gasteiger partial charge is 0.186 e. The minimum Gasteiger partial charge on any atom is -1.00 e. The number of hydrogen-bond acceptors (Lipinski definition) is 2. The van der Waals surface area contributed by atoms with Crippen LogP contribution in [0.3, 0.4) is 0 Å². The van der Waals surface area contributed by atoms with E-state index in [-0.39, 0.29) is 19.0 Å². The number of nitrogens with zero attached hydrogens (tertiary/aromatic N) is 2. The summed E-state index contributed by atoms with van der Waals surface area (Å²) in [5.41, 5.74) is 0. The molecule has 3 nitrogen and oxygen atoms in total. The number of hydrogen-bond donors (Lipinski definition) is 1. The molecule has 1 aliphatic rings. The Hall–Kier alpha value is -0.0900. The molecule has 184 valence electrons. The van der Waals surface area contributed by atoms with Crippen LogP contribution in [0.1, 0.15) is 110 Å². The number of allylic oxidation sites excluding steroid dienone is 1. The Morgan fingerprint density at radius 3 is 2.06 bits per heavy atom. The van der Waals surface area contributed by atoms with E-state index in [9.17, 15) is 5.11 Å². The quantitative estimate of drug-likeness (QED) is 0.114. The van der Waals surface area contributed by atoms with E-state index in [1.807, 2.05) is 0 Å². The fourth-order valence-electron chi connectivity index (χ4n) is 4.62. The van der Waals surface area contributed by atoms with Gasteiger partial charge in [-0.2, -0.15) is 0 Å². The van der Waals surface area contributed by atoms with E-state index in [4.69, 9.17) is 11.6 Å². The number of unbranched alkanes of at least 4 members (excludes halogenated alkanes) is 13. The Morgan fingerprint density at radius 2 is 1.55 bits per heavy atom. The third-order valence-corrected chi connectivity index (χ3v) is 6.85. The minimum absolute atomic E-state index is 0. The highest BCUT2D eigenvalue weighted by atomic mass is 35.5. The van der Waals surface area contributed by atoms with Crippen molar-refractivity contribution >= 4 is 17.9 Å². The summed E-state index contributed by atoms with van der Waals surface area (Å²) >= 11 is 5.88. The van der Waals surface area contributed by atoms with E-state index in [0.717, 1.165) is 55.7 Å². The highest BCUT2D eigenvalue weighted by Gasteiger charge is 2.35.